The first-order valence-corrected chi connectivity index (χ1v) is 8.01. The van der Waals surface area contributed by atoms with E-state index in [2.05, 4.69) is 10.6 Å². The van der Waals surface area contributed by atoms with E-state index >= 15 is 0 Å². The molecule has 3 nitrogen and oxygen atoms in total. The zero-order chi connectivity index (χ0) is 16.9. The van der Waals surface area contributed by atoms with Crippen molar-refractivity contribution in [3.63, 3.8) is 0 Å². The molecule has 1 aromatic carbocycles. The highest BCUT2D eigenvalue weighted by molar-refractivity contribution is 5.76. The molecule has 2 N–H and O–H groups in total. The van der Waals surface area contributed by atoms with Gasteiger partial charge in [0.25, 0.3) is 0 Å². The Labute approximate surface area is 134 Å². The SMILES string of the molecule is CC(CC(=O)NCC1CCCNC1)c1cccc(C(F)(F)F)c1. The molecular formula is C17H23F3N2O. The molecule has 1 fully saturated rings. The van der Waals surface area contributed by atoms with Crippen molar-refractivity contribution in [2.75, 3.05) is 19.6 Å². The van der Waals surface area contributed by atoms with E-state index in [4.69, 9.17) is 0 Å². The molecule has 1 aliphatic heterocycles. The zero-order valence-electron chi connectivity index (χ0n) is 13.2. The van der Waals surface area contributed by atoms with E-state index in [0.717, 1.165) is 38.1 Å². The number of hydrogen-bond donors (Lipinski definition) is 2. The van der Waals surface area contributed by atoms with Crippen LogP contribution < -0.4 is 10.6 Å². The van der Waals surface area contributed by atoms with Gasteiger partial charge in [0, 0.05) is 13.0 Å². The van der Waals surface area contributed by atoms with Crippen LogP contribution in [0.3, 0.4) is 0 Å². The lowest BCUT2D eigenvalue weighted by molar-refractivity contribution is -0.137. The lowest BCUT2D eigenvalue weighted by Crippen LogP contribution is -2.38. The van der Waals surface area contributed by atoms with Crippen LogP contribution in [0, 0.1) is 5.92 Å². The van der Waals surface area contributed by atoms with Crippen molar-refractivity contribution in [3.8, 4) is 0 Å². The molecule has 2 rings (SSSR count). The highest BCUT2D eigenvalue weighted by atomic mass is 19.4. The maximum atomic E-state index is 12.7. The first kappa shape index (κ1) is 17.8. The summed E-state index contributed by atoms with van der Waals surface area (Å²) in [5, 5.41) is 6.18. The molecule has 1 heterocycles. The van der Waals surface area contributed by atoms with Gasteiger partial charge in [0.1, 0.15) is 0 Å². The van der Waals surface area contributed by atoms with Crippen molar-refractivity contribution in [1.82, 2.24) is 10.6 Å². The number of nitrogens with one attached hydrogen (secondary N) is 2. The minimum atomic E-state index is -4.36. The lowest BCUT2D eigenvalue weighted by atomic mass is 9.95. The molecule has 0 aromatic heterocycles. The molecule has 0 bridgehead atoms. The van der Waals surface area contributed by atoms with Gasteiger partial charge >= 0.3 is 6.18 Å². The third-order valence-electron chi connectivity index (χ3n) is 4.26. The van der Waals surface area contributed by atoms with Crippen LogP contribution in [0.2, 0.25) is 0 Å². The predicted molar refractivity (Wildman–Crippen MR) is 83.1 cm³/mol. The Kier molecular flexibility index (Phi) is 6.04. The summed E-state index contributed by atoms with van der Waals surface area (Å²) in [6.45, 7) is 4.33. The minimum absolute atomic E-state index is 0.111. The Morgan fingerprint density at radius 2 is 2.22 bits per heavy atom. The molecule has 23 heavy (non-hydrogen) atoms. The van der Waals surface area contributed by atoms with E-state index in [1.807, 2.05) is 0 Å². The number of benzene rings is 1. The number of piperidine rings is 1. The van der Waals surface area contributed by atoms with Crippen LogP contribution in [0.4, 0.5) is 13.2 Å². The fourth-order valence-electron chi connectivity index (χ4n) is 2.85. The summed E-state index contributed by atoms with van der Waals surface area (Å²) in [7, 11) is 0. The molecule has 0 aliphatic carbocycles. The summed E-state index contributed by atoms with van der Waals surface area (Å²) >= 11 is 0. The van der Waals surface area contributed by atoms with Crippen molar-refractivity contribution < 1.29 is 18.0 Å². The van der Waals surface area contributed by atoms with Crippen molar-refractivity contribution in [3.05, 3.63) is 35.4 Å². The zero-order valence-corrected chi connectivity index (χ0v) is 13.2. The van der Waals surface area contributed by atoms with Crippen LogP contribution in [0.25, 0.3) is 0 Å². The van der Waals surface area contributed by atoms with Crippen molar-refractivity contribution >= 4 is 5.91 Å². The average molecular weight is 328 g/mol. The third-order valence-corrected chi connectivity index (χ3v) is 4.26. The second-order valence-electron chi connectivity index (χ2n) is 6.24. The van der Waals surface area contributed by atoms with Gasteiger partial charge in [-0.15, -0.1) is 0 Å². The van der Waals surface area contributed by atoms with E-state index in [9.17, 15) is 18.0 Å². The van der Waals surface area contributed by atoms with Gasteiger partial charge in [0.2, 0.25) is 5.91 Å². The Morgan fingerprint density at radius 3 is 2.87 bits per heavy atom. The summed E-state index contributed by atoms with van der Waals surface area (Å²) in [5.41, 5.74) is -0.134. The van der Waals surface area contributed by atoms with E-state index in [-0.39, 0.29) is 18.2 Å². The standard InChI is InChI=1S/C17H23F3N2O/c1-12(14-5-2-6-15(9-14)17(18,19)20)8-16(23)22-11-13-4-3-7-21-10-13/h2,5-6,9,12-13,21H,3-4,7-8,10-11H2,1H3,(H,22,23). The van der Waals surface area contributed by atoms with E-state index in [0.29, 0.717) is 18.0 Å². The molecule has 2 atom stereocenters. The maximum absolute atomic E-state index is 12.7. The Bertz CT molecular complexity index is 525. The van der Waals surface area contributed by atoms with Gasteiger partial charge in [-0.2, -0.15) is 13.2 Å². The molecule has 0 radical (unpaired) electrons. The van der Waals surface area contributed by atoms with Gasteiger partial charge in [-0.1, -0.05) is 25.1 Å². The van der Waals surface area contributed by atoms with Crippen LogP contribution in [0.5, 0.6) is 0 Å². The fraction of sp³-hybridized carbons (Fsp3) is 0.588. The maximum Gasteiger partial charge on any atom is 0.416 e. The molecular weight excluding hydrogens is 305 g/mol. The predicted octanol–water partition coefficient (Wildman–Crippen LogP) is 3.31. The summed E-state index contributed by atoms with van der Waals surface area (Å²) in [4.78, 5) is 12.0. The van der Waals surface area contributed by atoms with E-state index in [1.54, 1.807) is 13.0 Å². The largest absolute Gasteiger partial charge is 0.416 e. The van der Waals surface area contributed by atoms with E-state index < -0.39 is 11.7 Å². The summed E-state index contributed by atoms with van der Waals surface area (Å²) < 4.78 is 38.2. The summed E-state index contributed by atoms with van der Waals surface area (Å²) in [6, 6.07) is 5.20. The number of hydrogen-bond acceptors (Lipinski definition) is 2. The second kappa shape index (κ2) is 7.81. The van der Waals surface area contributed by atoms with Gasteiger partial charge < -0.3 is 10.6 Å². The van der Waals surface area contributed by atoms with Crippen molar-refractivity contribution in [1.29, 1.82) is 0 Å². The van der Waals surface area contributed by atoms with Gasteiger partial charge in [0.05, 0.1) is 5.56 Å². The molecule has 1 aliphatic rings. The lowest BCUT2D eigenvalue weighted by Gasteiger charge is -2.23. The quantitative estimate of drug-likeness (QED) is 0.871. The number of rotatable bonds is 5. The number of amides is 1. The first-order chi connectivity index (χ1) is 10.9. The molecule has 128 valence electrons. The number of carbonyl (C=O) groups excluding carboxylic acids is 1. The van der Waals surface area contributed by atoms with Crippen LogP contribution in [-0.4, -0.2) is 25.5 Å². The Hall–Kier alpha value is -1.56. The first-order valence-electron chi connectivity index (χ1n) is 8.01. The highest BCUT2D eigenvalue weighted by Crippen LogP contribution is 2.31. The molecule has 1 aromatic rings. The molecule has 2 unspecified atom stereocenters. The van der Waals surface area contributed by atoms with Crippen LogP contribution in [-0.2, 0) is 11.0 Å². The van der Waals surface area contributed by atoms with Crippen LogP contribution in [0.15, 0.2) is 24.3 Å². The Balaban J connectivity index is 1.85. The number of carbonyl (C=O) groups is 1. The van der Waals surface area contributed by atoms with Crippen LogP contribution >= 0.6 is 0 Å². The topological polar surface area (TPSA) is 41.1 Å². The highest BCUT2D eigenvalue weighted by Gasteiger charge is 2.30. The summed E-state index contributed by atoms with van der Waals surface area (Å²) in [6.07, 6.45) is -1.95. The second-order valence-corrected chi connectivity index (χ2v) is 6.24. The minimum Gasteiger partial charge on any atom is -0.356 e. The molecule has 0 saturated carbocycles. The normalized spacial score (nSPS) is 20.1. The number of alkyl halides is 3. The third kappa shape index (κ3) is 5.53. The van der Waals surface area contributed by atoms with Crippen molar-refractivity contribution in [2.45, 2.75) is 38.3 Å². The average Bonchev–Trinajstić information content (AvgIpc) is 2.53. The molecule has 1 amide bonds. The van der Waals surface area contributed by atoms with Crippen LogP contribution in [0.1, 0.15) is 43.2 Å². The van der Waals surface area contributed by atoms with Gasteiger partial charge in [0.15, 0.2) is 0 Å². The summed E-state index contributed by atoms with van der Waals surface area (Å²) in [5.74, 6) is 0.0822. The fourth-order valence-corrected chi connectivity index (χ4v) is 2.85. The monoisotopic (exact) mass is 328 g/mol. The van der Waals surface area contributed by atoms with Crippen molar-refractivity contribution in [2.24, 2.45) is 5.92 Å². The van der Waals surface area contributed by atoms with E-state index in [1.165, 1.54) is 6.07 Å². The van der Waals surface area contributed by atoms with Gasteiger partial charge in [-0.25, -0.2) is 0 Å². The molecule has 0 spiro atoms. The smallest absolute Gasteiger partial charge is 0.356 e. The molecule has 6 heteroatoms. The Morgan fingerprint density at radius 1 is 1.43 bits per heavy atom. The number of halogens is 3. The van der Waals surface area contributed by atoms with Gasteiger partial charge in [-0.3, -0.25) is 4.79 Å². The molecule has 1 saturated heterocycles. The van der Waals surface area contributed by atoms with Gasteiger partial charge in [-0.05, 0) is 49.4 Å².